The van der Waals surface area contributed by atoms with Gasteiger partial charge in [-0.1, -0.05) is 28.9 Å². The molecule has 0 saturated carbocycles. The zero-order chi connectivity index (χ0) is 12.3. The first-order chi connectivity index (χ1) is 8.15. The van der Waals surface area contributed by atoms with Crippen LogP contribution in [0.15, 0.2) is 18.2 Å². The second-order valence-electron chi connectivity index (χ2n) is 4.16. The minimum Gasteiger partial charge on any atom is -0.493 e. The number of esters is 1. The summed E-state index contributed by atoms with van der Waals surface area (Å²) in [5.41, 5.74) is 1.07. The molecule has 3 nitrogen and oxygen atoms in total. The van der Waals surface area contributed by atoms with Crippen LogP contribution in [0.25, 0.3) is 0 Å². The average Bonchev–Trinajstić information content (AvgIpc) is 2.28. The fourth-order valence-electron chi connectivity index (χ4n) is 1.68. The Hall–Kier alpha value is -1.03. The molecule has 0 bridgehead atoms. The molecule has 1 atom stereocenters. The molecule has 0 saturated heterocycles. The maximum atomic E-state index is 11.2. The Morgan fingerprint density at radius 2 is 2.29 bits per heavy atom. The van der Waals surface area contributed by atoms with Crippen LogP contribution in [0, 0.1) is 0 Å². The summed E-state index contributed by atoms with van der Waals surface area (Å²) in [6, 6.07) is 5.69. The third kappa shape index (κ3) is 3.46. The van der Waals surface area contributed by atoms with Crippen molar-refractivity contribution in [1.29, 1.82) is 0 Å². The quantitative estimate of drug-likeness (QED) is 0.487. The van der Waals surface area contributed by atoms with Crippen LogP contribution in [-0.2, 0) is 11.2 Å². The van der Waals surface area contributed by atoms with Crippen molar-refractivity contribution in [3.63, 3.8) is 0 Å². The maximum absolute atomic E-state index is 11.2. The van der Waals surface area contributed by atoms with Crippen LogP contribution in [0.2, 0.25) is 0 Å². The van der Waals surface area contributed by atoms with E-state index in [0.29, 0.717) is 23.6 Å². The Morgan fingerprint density at radius 1 is 1.47 bits per heavy atom. The number of alkyl halides is 1. The van der Waals surface area contributed by atoms with Crippen molar-refractivity contribution >= 4 is 21.9 Å². The number of ether oxygens (including phenoxy) is 2. The summed E-state index contributed by atoms with van der Waals surface area (Å²) >= 11 is 3.47. The van der Waals surface area contributed by atoms with Gasteiger partial charge in [0.2, 0.25) is 0 Å². The molecule has 17 heavy (non-hydrogen) atoms. The Bertz CT molecular complexity index is 415. The highest BCUT2D eigenvalue weighted by Gasteiger charge is 2.17. The Labute approximate surface area is 109 Å². The lowest BCUT2D eigenvalue weighted by Crippen LogP contribution is -2.15. The van der Waals surface area contributed by atoms with Gasteiger partial charge in [0.25, 0.3) is 0 Å². The van der Waals surface area contributed by atoms with Crippen molar-refractivity contribution in [2.45, 2.75) is 31.0 Å². The normalized spacial score (nSPS) is 16.0. The van der Waals surface area contributed by atoms with Gasteiger partial charge in [-0.15, -0.1) is 0 Å². The van der Waals surface area contributed by atoms with Gasteiger partial charge in [0.1, 0.15) is 11.5 Å². The molecule has 0 aliphatic carbocycles. The van der Waals surface area contributed by atoms with E-state index in [1.165, 1.54) is 0 Å². The van der Waals surface area contributed by atoms with Crippen LogP contribution < -0.4 is 9.47 Å². The molecule has 1 aromatic carbocycles. The van der Waals surface area contributed by atoms with Gasteiger partial charge in [0.15, 0.2) is 0 Å². The van der Waals surface area contributed by atoms with Crippen molar-refractivity contribution in [1.82, 2.24) is 0 Å². The van der Waals surface area contributed by atoms with E-state index < -0.39 is 0 Å². The van der Waals surface area contributed by atoms with Crippen molar-refractivity contribution in [2.75, 3.05) is 6.61 Å². The Morgan fingerprint density at radius 3 is 3.06 bits per heavy atom. The van der Waals surface area contributed by atoms with Gasteiger partial charge in [-0.2, -0.15) is 0 Å². The van der Waals surface area contributed by atoms with E-state index in [1.807, 2.05) is 12.1 Å². The first kappa shape index (κ1) is 12.4. The Kier molecular flexibility index (Phi) is 4.05. The first-order valence-electron chi connectivity index (χ1n) is 5.75. The van der Waals surface area contributed by atoms with Crippen LogP contribution in [0.5, 0.6) is 11.5 Å². The number of rotatable bonds is 4. The number of hydrogen-bond acceptors (Lipinski definition) is 3. The van der Waals surface area contributed by atoms with E-state index in [1.54, 1.807) is 6.07 Å². The molecule has 0 spiro atoms. The third-order valence-electron chi connectivity index (χ3n) is 2.65. The fraction of sp³-hybridized carbons (Fsp3) is 0.462. The highest BCUT2D eigenvalue weighted by molar-refractivity contribution is 9.09. The number of carbonyl (C=O) groups is 1. The molecule has 0 radical (unpaired) electrons. The van der Waals surface area contributed by atoms with Gasteiger partial charge < -0.3 is 9.47 Å². The zero-order valence-electron chi connectivity index (χ0n) is 9.74. The zero-order valence-corrected chi connectivity index (χ0v) is 11.3. The molecular weight excluding hydrogens is 284 g/mol. The van der Waals surface area contributed by atoms with Crippen molar-refractivity contribution in [3.05, 3.63) is 23.8 Å². The minimum absolute atomic E-state index is 0.163. The van der Waals surface area contributed by atoms with Crippen molar-refractivity contribution in [3.8, 4) is 11.5 Å². The number of hydrogen-bond donors (Lipinski definition) is 0. The van der Waals surface area contributed by atoms with Gasteiger partial charge in [0, 0.05) is 10.9 Å². The van der Waals surface area contributed by atoms with Gasteiger partial charge in [-0.25, -0.2) is 0 Å². The second kappa shape index (κ2) is 5.54. The number of carbonyl (C=O) groups excluding carboxylic acids is 1. The Balaban J connectivity index is 2.00. The fourth-order valence-corrected chi connectivity index (χ4v) is 1.86. The molecule has 1 aliphatic rings. The molecule has 92 valence electrons. The molecule has 1 aliphatic heterocycles. The van der Waals surface area contributed by atoms with Crippen LogP contribution >= 0.6 is 15.9 Å². The van der Waals surface area contributed by atoms with Crippen LogP contribution in [0.1, 0.15) is 25.3 Å². The molecule has 0 aromatic heterocycles. The standard InChI is InChI=1S/C13H15BrO3/c1-9(14)6-7-16-11-4-2-10-3-5-13(15)17-12(10)8-11/h2,4,8-9H,3,5-7H2,1H3. The first-order valence-corrected chi connectivity index (χ1v) is 6.67. The molecule has 2 rings (SSSR count). The predicted octanol–water partition coefficient (Wildman–Crippen LogP) is 3.09. The SMILES string of the molecule is CC(Br)CCOc1ccc2c(c1)OC(=O)CC2. The highest BCUT2D eigenvalue weighted by Crippen LogP contribution is 2.29. The topological polar surface area (TPSA) is 35.5 Å². The van der Waals surface area contributed by atoms with E-state index >= 15 is 0 Å². The lowest BCUT2D eigenvalue weighted by Gasteiger charge is -2.16. The smallest absolute Gasteiger partial charge is 0.311 e. The van der Waals surface area contributed by atoms with Crippen LogP contribution in [0.4, 0.5) is 0 Å². The van der Waals surface area contributed by atoms with Gasteiger partial charge in [-0.05, 0) is 24.5 Å². The lowest BCUT2D eigenvalue weighted by atomic mass is 10.1. The molecule has 1 heterocycles. The highest BCUT2D eigenvalue weighted by atomic mass is 79.9. The summed E-state index contributed by atoms with van der Waals surface area (Å²) in [6.07, 6.45) is 2.16. The van der Waals surface area contributed by atoms with E-state index in [-0.39, 0.29) is 5.97 Å². The van der Waals surface area contributed by atoms with Gasteiger partial charge in [-0.3, -0.25) is 4.79 Å². The number of halogens is 1. The average molecular weight is 299 g/mol. The molecule has 1 unspecified atom stereocenters. The van der Waals surface area contributed by atoms with Gasteiger partial charge in [0.05, 0.1) is 13.0 Å². The summed E-state index contributed by atoms with van der Waals surface area (Å²) in [5.74, 6) is 1.24. The van der Waals surface area contributed by atoms with Gasteiger partial charge >= 0.3 is 5.97 Å². The molecule has 0 N–H and O–H groups in total. The molecule has 0 fully saturated rings. The summed E-state index contributed by atoms with van der Waals surface area (Å²) in [5, 5.41) is 0. The molecule has 0 amide bonds. The van der Waals surface area contributed by atoms with Crippen molar-refractivity contribution in [2.24, 2.45) is 0 Å². The van der Waals surface area contributed by atoms with Crippen molar-refractivity contribution < 1.29 is 14.3 Å². The van der Waals surface area contributed by atoms with E-state index in [9.17, 15) is 4.79 Å². The minimum atomic E-state index is -0.163. The summed E-state index contributed by atoms with van der Waals surface area (Å²) in [4.78, 5) is 11.6. The largest absolute Gasteiger partial charge is 0.493 e. The van der Waals surface area contributed by atoms with E-state index in [2.05, 4.69) is 22.9 Å². The number of benzene rings is 1. The molecule has 4 heteroatoms. The summed E-state index contributed by atoms with van der Waals surface area (Å²) in [7, 11) is 0. The number of aryl methyl sites for hydroxylation is 1. The predicted molar refractivity (Wildman–Crippen MR) is 68.9 cm³/mol. The van der Waals surface area contributed by atoms with E-state index in [4.69, 9.17) is 9.47 Å². The molecular formula is C13H15BrO3. The van der Waals surface area contributed by atoms with Crippen LogP contribution in [-0.4, -0.2) is 17.4 Å². The van der Waals surface area contributed by atoms with Crippen LogP contribution in [0.3, 0.4) is 0 Å². The summed E-state index contributed by atoms with van der Waals surface area (Å²) < 4.78 is 10.8. The number of fused-ring (bicyclic) bond motifs is 1. The van der Waals surface area contributed by atoms with E-state index in [0.717, 1.165) is 24.2 Å². The maximum Gasteiger partial charge on any atom is 0.311 e. The monoisotopic (exact) mass is 298 g/mol. The lowest BCUT2D eigenvalue weighted by molar-refractivity contribution is -0.135. The third-order valence-corrected chi connectivity index (χ3v) is 3.10. The second-order valence-corrected chi connectivity index (χ2v) is 5.72. The summed E-state index contributed by atoms with van der Waals surface area (Å²) in [6.45, 7) is 2.73. The molecule has 1 aromatic rings.